The van der Waals surface area contributed by atoms with Crippen LogP contribution in [0.4, 0.5) is 0 Å². The van der Waals surface area contributed by atoms with Gasteiger partial charge in [0, 0.05) is 19.6 Å². The minimum Gasteiger partial charge on any atom is -0.497 e. The lowest BCUT2D eigenvalue weighted by atomic mass is 9.89. The van der Waals surface area contributed by atoms with Gasteiger partial charge >= 0.3 is 5.97 Å². The Balaban J connectivity index is 1.89. The van der Waals surface area contributed by atoms with Crippen molar-refractivity contribution < 1.29 is 14.3 Å². The summed E-state index contributed by atoms with van der Waals surface area (Å²) in [7, 11) is 1.66. The zero-order valence-electron chi connectivity index (χ0n) is 16.0. The molecule has 0 saturated carbocycles. The van der Waals surface area contributed by atoms with E-state index in [2.05, 4.69) is 17.0 Å². The number of ether oxygens (including phenoxy) is 2. The summed E-state index contributed by atoms with van der Waals surface area (Å²) in [6.45, 7) is 7.97. The Bertz CT molecular complexity index is 765. The van der Waals surface area contributed by atoms with Gasteiger partial charge in [0.05, 0.1) is 13.0 Å². The van der Waals surface area contributed by atoms with E-state index in [0.717, 1.165) is 30.0 Å². The lowest BCUT2D eigenvalue weighted by Crippen LogP contribution is -2.39. The van der Waals surface area contributed by atoms with Crippen LogP contribution in [0.15, 0.2) is 48.5 Å². The van der Waals surface area contributed by atoms with Gasteiger partial charge in [0.15, 0.2) is 0 Å². The second-order valence-electron chi connectivity index (χ2n) is 7.81. The maximum atomic E-state index is 12.8. The summed E-state index contributed by atoms with van der Waals surface area (Å²) in [5, 5.41) is 0. The molecule has 4 heteroatoms. The van der Waals surface area contributed by atoms with Gasteiger partial charge in [-0.2, -0.15) is 0 Å². The Kier molecular flexibility index (Phi) is 5.33. The van der Waals surface area contributed by atoms with Gasteiger partial charge in [-0.1, -0.05) is 36.4 Å². The fraction of sp³-hybridized carbons (Fsp3) is 0.409. The van der Waals surface area contributed by atoms with Gasteiger partial charge < -0.3 is 9.47 Å². The van der Waals surface area contributed by atoms with Gasteiger partial charge in [-0.3, -0.25) is 9.69 Å². The highest BCUT2D eigenvalue weighted by atomic mass is 16.6. The molecule has 1 unspecified atom stereocenters. The number of fused-ring (bicyclic) bond motifs is 1. The average molecular weight is 353 g/mol. The van der Waals surface area contributed by atoms with Crippen molar-refractivity contribution in [2.24, 2.45) is 0 Å². The molecule has 2 aromatic rings. The largest absolute Gasteiger partial charge is 0.497 e. The van der Waals surface area contributed by atoms with Gasteiger partial charge in [-0.15, -0.1) is 0 Å². The van der Waals surface area contributed by atoms with Crippen LogP contribution >= 0.6 is 0 Å². The van der Waals surface area contributed by atoms with E-state index in [0.29, 0.717) is 6.54 Å². The van der Waals surface area contributed by atoms with Crippen molar-refractivity contribution in [3.05, 3.63) is 65.2 Å². The molecule has 1 aliphatic heterocycles. The number of hydrogen-bond acceptors (Lipinski definition) is 4. The minimum atomic E-state index is -0.495. The van der Waals surface area contributed by atoms with Gasteiger partial charge in [0.2, 0.25) is 0 Å². The third-order valence-electron chi connectivity index (χ3n) is 4.50. The molecule has 3 rings (SSSR count). The van der Waals surface area contributed by atoms with E-state index in [4.69, 9.17) is 9.47 Å². The van der Waals surface area contributed by atoms with E-state index >= 15 is 0 Å². The van der Waals surface area contributed by atoms with E-state index < -0.39 is 5.60 Å². The number of rotatable bonds is 4. The second-order valence-corrected chi connectivity index (χ2v) is 7.81. The zero-order chi connectivity index (χ0) is 18.7. The highest BCUT2D eigenvalue weighted by Gasteiger charge is 2.33. The number of benzene rings is 2. The number of nitrogens with zero attached hydrogens (tertiary/aromatic N) is 1. The third kappa shape index (κ3) is 4.44. The molecule has 2 aromatic carbocycles. The molecule has 1 atom stereocenters. The SMILES string of the molecule is COc1ccc2c(c1)CN(Cc1ccccc1)CC2C(=O)OC(C)(C)C. The summed E-state index contributed by atoms with van der Waals surface area (Å²) in [4.78, 5) is 15.1. The van der Waals surface area contributed by atoms with E-state index in [-0.39, 0.29) is 11.9 Å². The zero-order valence-corrected chi connectivity index (χ0v) is 16.0. The molecule has 1 heterocycles. The van der Waals surface area contributed by atoms with Crippen molar-refractivity contribution in [1.29, 1.82) is 0 Å². The minimum absolute atomic E-state index is 0.165. The number of esters is 1. The van der Waals surface area contributed by atoms with Gasteiger partial charge in [-0.05, 0) is 49.6 Å². The topological polar surface area (TPSA) is 38.8 Å². The first-order chi connectivity index (χ1) is 12.4. The fourth-order valence-electron chi connectivity index (χ4n) is 3.38. The molecule has 0 aliphatic carbocycles. The van der Waals surface area contributed by atoms with Crippen molar-refractivity contribution in [3.8, 4) is 5.75 Å². The molecule has 0 saturated heterocycles. The number of hydrogen-bond donors (Lipinski definition) is 0. The fourth-order valence-corrected chi connectivity index (χ4v) is 3.38. The van der Waals surface area contributed by atoms with Crippen LogP contribution in [0.2, 0.25) is 0 Å². The van der Waals surface area contributed by atoms with Crippen LogP contribution in [-0.4, -0.2) is 30.1 Å². The highest BCUT2D eigenvalue weighted by Crippen LogP contribution is 2.33. The monoisotopic (exact) mass is 353 g/mol. The van der Waals surface area contributed by atoms with Crippen LogP contribution in [-0.2, 0) is 22.6 Å². The van der Waals surface area contributed by atoms with Gasteiger partial charge in [0.25, 0.3) is 0 Å². The standard InChI is InChI=1S/C22H27NO3/c1-22(2,3)26-21(24)20-15-23(13-16-8-6-5-7-9-16)14-17-12-18(25-4)10-11-19(17)20/h5-12,20H,13-15H2,1-4H3. The predicted octanol–water partition coefficient (Wildman–Crippen LogP) is 4.14. The maximum absolute atomic E-state index is 12.8. The van der Waals surface area contributed by atoms with Crippen molar-refractivity contribution >= 4 is 5.97 Å². The number of carbonyl (C=O) groups excluding carboxylic acids is 1. The Hall–Kier alpha value is -2.33. The molecular formula is C22H27NO3. The van der Waals surface area contributed by atoms with E-state index in [1.165, 1.54) is 5.56 Å². The Labute approximate surface area is 155 Å². The lowest BCUT2D eigenvalue weighted by Gasteiger charge is -2.35. The molecule has 0 radical (unpaired) electrons. The highest BCUT2D eigenvalue weighted by molar-refractivity contribution is 5.80. The van der Waals surface area contributed by atoms with Crippen LogP contribution in [0.25, 0.3) is 0 Å². The molecule has 0 fully saturated rings. The Morgan fingerprint density at radius 2 is 1.88 bits per heavy atom. The molecule has 0 bridgehead atoms. The summed E-state index contributed by atoms with van der Waals surface area (Å²) >= 11 is 0. The molecule has 0 N–H and O–H groups in total. The van der Waals surface area contributed by atoms with Gasteiger partial charge in [-0.25, -0.2) is 0 Å². The lowest BCUT2D eigenvalue weighted by molar-refractivity contribution is -0.157. The summed E-state index contributed by atoms with van der Waals surface area (Å²) in [5.74, 6) is 0.363. The van der Waals surface area contributed by atoms with Crippen LogP contribution in [0.1, 0.15) is 43.4 Å². The molecule has 0 aromatic heterocycles. The first-order valence-electron chi connectivity index (χ1n) is 9.01. The quantitative estimate of drug-likeness (QED) is 0.775. The summed E-state index contributed by atoms with van der Waals surface area (Å²) in [5.41, 5.74) is 2.92. The van der Waals surface area contributed by atoms with Gasteiger partial charge in [0.1, 0.15) is 11.4 Å². The molecule has 4 nitrogen and oxygen atoms in total. The smallest absolute Gasteiger partial charge is 0.315 e. The first-order valence-corrected chi connectivity index (χ1v) is 9.01. The summed E-state index contributed by atoms with van der Waals surface area (Å²) in [6.07, 6.45) is 0. The molecule has 138 valence electrons. The summed E-state index contributed by atoms with van der Waals surface area (Å²) in [6, 6.07) is 16.3. The molecule has 0 spiro atoms. The van der Waals surface area contributed by atoms with Crippen LogP contribution in [0.3, 0.4) is 0 Å². The van der Waals surface area contributed by atoms with Crippen LogP contribution in [0, 0.1) is 0 Å². The van der Waals surface area contributed by atoms with Crippen LogP contribution in [0.5, 0.6) is 5.75 Å². The van der Waals surface area contributed by atoms with E-state index in [1.807, 2.05) is 57.2 Å². The summed E-state index contributed by atoms with van der Waals surface area (Å²) < 4.78 is 11.1. The molecule has 1 aliphatic rings. The molecule has 0 amide bonds. The van der Waals surface area contributed by atoms with Crippen molar-refractivity contribution in [3.63, 3.8) is 0 Å². The second kappa shape index (κ2) is 7.50. The normalized spacial score (nSPS) is 17.5. The maximum Gasteiger partial charge on any atom is 0.315 e. The van der Waals surface area contributed by atoms with Crippen molar-refractivity contribution in [2.75, 3.05) is 13.7 Å². The molecular weight excluding hydrogens is 326 g/mol. The molecule has 26 heavy (non-hydrogen) atoms. The van der Waals surface area contributed by atoms with Crippen LogP contribution < -0.4 is 4.74 Å². The first kappa shape index (κ1) is 18.5. The van der Waals surface area contributed by atoms with E-state index in [9.17, 15) is 4.79 Å². The van der Waals surface area contributed by atoms with E-state index in [1.54, 1.807) is 7.11 Å². The Morgan fingerprint density at radius 1 is 1.15 bits per heavy atom. The van der Waals surface area contributed by atoms with Crippen molar-refractivity contribution in [2.45, 2.75) is 45.4 Å². The number of methoxy groups -OCH3 is 1. The predicted molar refractivity (Wildman–Crippen MR) is 102 cm³/mol. The third-order valence-corrected chi connectivity index (χ3v) is 4.50. The number of carbonyl (C=O) groups is 1. The Morgan fingerprint density at radius 3 is 2.54 bits per heavy atom. The average Bonchev–Trinajstić information content (AvgIpc) is 2.60. The van der Waals surface area contributed by atoms with Crippen molar-refractivity contribution in [1.82, 2.24) is 4.90 Å².